The van der Waals surface area contributed by atoms with E-state index in [0.29, 0.717) is 11.8 Å². The normalized spacial score (nSPS) is 16.7. The predicted octanol–water partition coefficient (Wildman–Crippen LogP) is 0.471. The van der Waals surface area contributed by atoms with Crippen molar-refractivity contribution in [3.05, 3.63) is 11.1 Å². The number of carbonyl (C=O) groups excluding carboxylic acids is 1. The molecule has 3 N–H and O–H groups in total. The number of rotatable bonds is 2. The third-order valence-corrected chi connectivity index (χ3v) is 3.00. The first-order chi connectivity index (χ1) is 8.54. The first kappa shape index (κ1) is 12.8. The molecular weight excluding hydrogens is 256 g/mol. The minimum atomic E-state index is -0.479. The number of amides is 2. The molecule has 0 radical (unpaired) electrons. The van der Waals surface area contributed by atoms with E-state index in [2.05, 4.69) is 20.3 Å². The van der Waals surface area contributed by atoms with E-state index in [-0.39, 0.29) is 11.3 Å². The third-order valence-electron chi connectivity index (χ3n) is 2.83. The molecule has 0 atom stereocenters. The number of nitrogens with one attached hydrogen (secondary N) is 1. The lowest BCUT2D eigenvalue weighted by atomic mass is 10.1. The maximum atomic E-state index is 10.8. The molecule has 0 aliphatic carbocycles. The monoisotopic (exact) mass is 270 g/mol. The van der Waals surface area contributed by atoms with Crippen LogP contribution in [0.25, 0.3) is 0 Å². The summed E-state index contributed by atoms with van der Waals surface area (Å²) in [5.74, 6) is 1.19. The van der Waals surface area contributed by atoms with Gasteiger partial charge in [-0.1, -0.05) is 0 Å². The number of aryl methyl sites for hydroxylation is 1. The maximum absolute atomic E-state index is 10.8. The minimum Gasteiger partial charge on any atom is -0.352 e. The van der Waals surface area contributed by atoms with Crippen molar-refractivity contribution in [2.45, 2.75) is 25.8 Å². The van der Waals surface area contributed by atoms with Crippen LogP contribution in [0.5, 0.6) is 0 Å². The Bertz CT molecular complexity index is 426. The molecule has 1 saturated heterocycles. The number of anilines is 1. The van der Waals surface area contributed by atoms with Crippen molar-refractivity contribution in [1.29, 1.82) is 0 Å². The number of urea groups is 1. The van der Waals surface area contributed by atoms with Crippen molar-refractivity contribution in [3.63, 3.8) is 0 Å². The lowest BCUT2D eigenvalue weighted by Crippen LogP contribution is -2.46. The van der Waals surface area contributed by atoms with E-state index in [4.69, 9.17) is 17.3 Å². The van der Waals surface area contributed by atoms with E-state index >= 15 is 0 Å². The van der Waals surface area contributed by atoms with Gasteiger partial charge in [0.25, 0.3) is 0 Å². The van der Waals surface area contributed by atoms with Crippen LogP contribution in [-0.2, 0) is 0 Å². The summed E-state index contributed by atoms with van der Waals surface area (Å²) < 4.78 is 0. The zero-order valence-electron chi connectivity index (χ0n) is 10.1. The van der Waals surface area contributed by atoms with Crippen molar-refractivity contribution in [2.75, 3.05) is 18.0 Å². The molecule has 0 spiro atoms. The number of hydrogen-bond acceptors (Lipinski definition) is 5. The SMILES string of the molecule is Cc1nc(Cl)nc(N2CCC(NC(N)=O)CC2)n1. The summed E-state index contributed by atoms with van der Waals surface area (Å²) in [6.07, 6.45) is 1.62. The number of aromatic nitrogens is 3. The molecule has 0 aromatic carbocycles. The number of carbonyl (C=O) groups is 1. The molecule has 0 bridgehead atoms. The second kappa shape index (κ2) is 5.34. The first-order valence-electron chi connectivity index (χ1n) is 5.73. The second-order valence-corrected chi connectivity index (χ2v) is 4.56. The number of hydrogen-bond donors (Lipinski definition) is 2. The quantitative estimate of drug-likeness (QED) is 0.814. The summed E-state index contributed by atoms with van der Waals surface area (Å²) in [5, 5.41) is 2.91. The highest BCUT2D eigenvalue weighted by molar-refractivity contribution is 6.28. The van der Waals surface area contributed by atoms with Crippen LogP contribution in [0.1, 0.15) is 18.7 Å². The van der Waals surface area contributed by atoms with E-state index in [1.807, 2.05) is 4.90 Å². The molecular formula is C10H15ClN6O. The molecule has 8 heteroatoms. The molecule has 2 heterocycles. The molecule has 1 aromatic rings. The van der Waals surface area contributed by atoms with Gasteiger partial charge in [-0.25, -0.2) is 9.78 Å². The van der Waals surface area contributed by atoms with E-state index in [9.17, 15) is 4.79 Å². The van der Waals surface area contributed by atoms with Crippen LogP contribution in [0.15, 0.2) is 0 Å². The summed E-state index contributed by atoms with van der Waals surface area (Å²) in [6, 6.07) is -0.357. The van der Waals surface area contributed by atoms with Crippen molar-refractivity contribution >= 4 is 23.6 Å². The highest BCUT2D eigenvalue weighted by atomic mass is 35.5. The van der Waals surface area contributed by atoms with Crippen LogP contribution < -0.4 is 16.0 Å². The highest BCUT2D eigenvalue weighted by Gasteiger charge is 2.22. The van der Waals surface area contributed by atoms with Crippen LogP contribution in [0.3, 0.4) is 0 Å². The Hall–Kier alpha value is -1.63. The van der Waals surface area contributed by atoms with Crippen molar-refractivity contribution in [1.82, 2.24) is 20.3 Å². The van der Waals surface area contributed by atoms with Gasteiger partial charge in [0.05, 0.1) is 0 Å². The first-order valence-corrected chi connectivity index (χ1v) is 6.11. The molecule has 1 fully saturated rings. The van der Waals surface area contributed by atoms with Gasteiger partial charge in [-0.2, -0.15) is 9.97 Å². The molecule has 0 unspecified atom stereocenters. The van der Waals surface area contributed by atoms with Crippen molar-refractivity contribution in [2.24, 2.45) is 5.73 Å². The van der Waals surface area contributed by atoms with Gasteiger partial charge in [0, 0.05) is 19.1 Å². The topological polar surface area (TPSA) is 97.0 Å². The standard InChI is InChI=1S/C10H15ClN6O/c1-6-13-8(11)16-10(14-6)17-4-2-7(3-5-17)15-9(12)18/h7H,2-5H2,1H3,(H3,12,15,18). The number of primary amides is 1. The predicted molar refractivity (Wildman–Crippen MR) is 67.5 cm³/mol. The summed E-state index contributed by atoms with van der Waals surface area (Å²) in [6.45, 7) is 3.29. The lowest BCUT2D eigenvalue weighted by molar-refractivity contribution is 0.242. The van der Waals surface area contributed by atoms with Gasteiger partial charge in [-0.3, -0.25) is 0 Å². The molecule has 7 nitrogen and oxygen atoms in total. The molecule has 0 saturated carbocycles. The Morgan fingerprint density at radius 1 is 1.39 bits per heavy atom. The van der Waals surface area contributed by atoms with Gasteiger partial charge in [-0.05, 0) is 31.4 Å². The van der Waals surface area contributed by atoms with Crippen LogP contribution in [0, 0.1) is 6.92 Å². The second-order valence-electron chi connectivity index (χ2n) is 4.22. The Morgan fingerprint density at radius 3 is 2.61 bits per heavy atom. The summed E-state index contributed by atoms with van der Waals surface area (Å²) >= 11 is 5.80. The Labute approximate surface area is 110 Å². The number of piperidine rings is 1. The molecule has 98 valence electrons. The average Bonchev–Trinajstić information content (AvgIpc) is 2.27. The number of halogens is 1. The molecule has 18 heavy (non-hydrogen) atoms. The highest BCUT2D eigenvalue weighted by Crippen LogP contribution is 2.17. The summed E-state index contributed by atoms with van der Waals surface area (Å²) in [5.41, 5.74) is 5.09. The zero-order valence-corrected chi connectivity index (χ0v) is 10.8. The zero-order chi connectivity index (χ0) is 13.1. The smallest absolute Gasteiger partial charge is 0.312 e. The van der Waals surface area contributed by atoms with Crippen LogP contribution >= 0.6 is 11.6 Å². The average molecular weight is 271 g/mol. The van der Waals surface area contributed by atoms with Crippen molar-refractivity contribution < 1.29 is 4.79 Å². The molecule has 1 aliphatic rings. The Balaban J connectivity index is 1.98. The fraction of sp³-hybridized carbons (Fsp3) is 0.600. The van der Waals surface area contributed by atoms with Gasteiger partial charge < -0.3 is 16.0 Å². The van der Waals surface area contributed by atoms with Gasteiger partial charge in [0.15, 0.2) is 0 Å². The largest absolute Gasteiger partial charge is 0.352 e. The van der Waals surface area contributed by atoms with Crippen LogP contribution in [-0.4, -0.2) is 40.1 Å². The van der Waals surface area contributed by atoms with E-state index in [1.54, 1.807) is 6.92 Å². The minimum absolute atomic E-state index is 0.122. The molecule has 2 amide bonds. The number of nitrogens with zero attached hydrogens (tertiary/aromatic N) is 4. The fourth-order valence-electron chi connectivity index (χ4n) is 2.00. The lowest BCUT2D eigenvalue weighted by Gasteiger charge is -2.31. The molecule has 2 rings (SSSR count). The third kappa shape index (κ3) is 3.19. The van der Waals surface area contributed by atoms with Gasteiger partial charge in [0.2, 0.25) is 11.2 Å². The van der Waals surface area contributed by atoms with Crippen LogP contribution in [0.4, 0.5) is 10.7 Å². The Morgan fingerprint density at radius 2 is 2.06 bits per heavy atom. The van der Waals surface area contributed by atoms with E-state index in [0.717, 1.165) is 25.9 Å². The van der Waals surface area contributed by atoms with Crippen LogP contribution in [0.2, 0.25) is 5.28 Å². The molecule has 1 aromatic heterocycles. The van der Waals surface area contributed by atoms with Crippen molar-refractivity contribution in [3.8, 4) is 0 Å². The van der Waals surface area contributed by atoms with Gasteiger partial charge in [-0.15, -0.1) is 0 Å². The van der Waals surface area contributed by atoms with Gasteiger partial charge in [0.1, 0.15) is 5.82 Å². The maximum Gasteiger partial charge on any atom is 0.312 e. The fourth-order valence-corrected chi connectivity index (χ4v) is 2.20. The van der Waals surface area contributed by atoms with E-state index < -0.39 is 6.03 Å². The Kier molecular flexibility index (Phi) is 3.81. The van der Waals surface area contributed by atoms with Gasteiger partial charge >= 0.3 is 6.03 Å². The molecule has 1 aliphatic heterocycles. The summed E-state index contributed by atoms with van der Waals surface area (Å²) in [7, 11) is 0. The number of nitrogens with two attached hydrogens (primary N) is 1. The summed E-state index contributed by atoms with van der Waals surface area (Å²) in [4.78, 5) is 25.1. The van der Waals surface area contributed by atoms with E-state index in [1.165, 1.54) is 0 Å².